The van der Waals surface area contributed by atoms with Crippen LogP contribution in [0.25, 0.3) is 5.70 Å². The number of nitrogens with two attached hydrogens (primary N) is 1. The topological polar surface area (TPSA) is 116 Å². The summed E-state index contributed by atoms with van der Waals surface area (Å²) in [4.78, 5) is 31.3. The van der Waals surface area contributed by atoms with Crippen molar-refractivity contribution in [1.29, 1.82) is 0 Å². The molecule has 0 spiro atoms. The molecule has 9 nitrogen and oxygen atoms in total. The molecule has 2 amide bonds. The van der Waals surface area contributed by atoms with Crippen molar-refractivity contribution in [3.63, 3.8) is 0 Å². The van der Waals surface area contributed by atoms with Gasteiger partial charge in [0, 0.05) is 30.5 Å². The summed E-state index contributed by atoms with van der Waals surface area (Å²) in [6.07, 6.45) is 4.94. The summed E-state index contributed by atoms with van der Waals surface area (Å²) in [6, 6.07) is 13.0. The zero-order valence-corrected chi connectivity index (χ0v) is 25.3. The van der Waals surface area contributed by atoms with Gasteiger partial charge in [-0.25, -0.2) is 14.4 Å². The summed E-state index contributed by atoms with van der Waals surface area (Å²) in [6.45, 7) is 6.97. The van der Waals surface area contributed by atoms with Crippen molar-refractivity contribution in [2.75, 3.05) is 42.8 Å². The third-order valence-electron chi connectivity index (χ3n) is 6.27. The lowest BCUT2D eigenvalue weighted by Crippen LogP contribution is -2.26. The first kappa shape index (κ1) is 32.2. The van der Waals surface area contributed by atoms with Gasteiger partial charge in [0.1, 0.15) is 17.3 Å². The average molecular weight is 594 g/mol. The van der Waals surface area contributed by atoms with Gasteiger partial charge in [-0.05, 0) is 81.9 Å². The molecule has 42 heavy (non-hydrogen) atoms. The molecule has 0 saturated heterocycles. The van der Waals surface area contributed by atoms with Crippen molar-refractivity contribution in [2.24, 2.45) is 10.8 Å². The number of hydrogen-bond donors (Lipinski definition) is 3. The van der Waals surface area contributed by atoms with E-state index < -0.39 is 11.7 Å². The second kappa shape index (κ2) is 15.1. The minimum Gasteiger partial charge on any atom is -0.369 e. The van der Waals surface area contributed by atoms with Gasteiger partial charge in [0.05, 0.1) is 22.0 Å². The van der Waals surface area contributed by atoms with E-state index in [1.807, 2.05) is 57.1 Å². The average Bonchev–Trinajstić information content (AvgIpc) is 2.97. The number of nitrogens with zero attached hydrogens (tertiary/aromatic N) is 4. The molecular formula is C31H37ClFN7O2. The van der Waals surface area contributed by atoms with Crippen LogP contribution in [0.3, 0.4) is 0 Å². The number of amides is 2. The molecule has 0 bridgehead atoms. The van der Waals surface area contributed by atoms with E-state index in [0.29, 0.717) is 29.4 Å². The highest BCUT2D eigenvalue weighted by Gasteiger charge is 2.22. The van der Waals surface area contributed by atoms with E-state index in [9.17, 15) is 14.0 Å². The van der Waals surface area contributed by atoms with Crippen molar-refractivity contribution < 1.29 is 14.0 Å². The molecule has 1 aromatic heterocycles. The van der Waals surface area contributed by atoms with Gasteiger partial charge < -0.3 is 21.3 Å². The highest BCUT2D eigenvalue weighted by atomic mass is 35.5. The van der Waals surface area contributed by atoms with Crippen LogP contribution in [0, 0.1) is 5.82 Å². The van der Waals surface area contributed by atoms with Crippen LogP contribution in [-0.2, 0) is 11.2 Å². The van der Waals surface area contributed by atoms with E-state index in [2.05, 4.69) is 20.7 Å². The predicted octanol–water partition coefficient (Wildman–Crippen LogP) is 5.78. The second-order valence-corrected chi connectivity index (χ2v) is 9.98. The number of fused-ring (bicyclic) bond motifs is 1. The number of allylic oxidation sites excluding steroid dienone is 1. The van der Waals surface area contributed by atoms with Gasteiger partial charge in [-0.1, -0.05) is 37.6 Å². The van der Waals surface area contributed by atoms with Gasteiger partial charge in [0.25, 0.3) is 11.8 Å². The Balaban J connectivity index is 0.00000237. The molecular weight excluding hydrogens is 557 g/mol. The number of hydrazone groups is 1. The maximum atomic E-state index is 13.7. The Morgan fingerprint density at radius 3 is 2.50 bits per heavy atom. The Labute approximate surface area is 251 Å². The highest BCUT2D eigenvalue weighted by molar-refractivity contribution is 6.37. The molecule has 0 aliphatic heterocycles. The molecule has 3 aromatic rings. The Bertz CT molecular complexity index is 1470. The number of rotatable bonds is 10. The van der Waals surface area contributed by atoms with Gasteiger partial charge >= 0.3 is 0 Å². The number of likely N-dealkylation sites (N-methyl/N-ethyl adjacent to an activating group) is 1. The summed E-state index contributed by atoms with van der Waals surface area (Å²) >= 11 is 6.32. The smallest absolute Gasteiger partial charge is 0.264 e. The van der Waals surface area contributed by atoms with Crippen LogP contribution in [-0.4, -0.2) is 54.6 Å². The van der Waals surface area contributed by atoms with Crippen LogP contribution in [0.1, 0.15) is 48.7 Å². The Morgan fingerprint density at radius 2 is 1.83 bits per heavy atom. The fourth-order valence-electron chi connectivity index (χ4n) is 4.13. The fraction of sp³-hybridized carbons (Fsp3) is 0.290. The van der Waals surface area contributed by atoms with E-state index in [1.54, 1.807) is 23.2 Å². The SMILES string of the molecule is C/C(=N\N(C1=CCCc2ccc(NC(=O)c3cc(NCCN(C)C)ncc3Cl)cc21)c1ccc(F)cc1)C(N)=O.CC. The number of aryl methyl sites for hydroxylation is 1. The van der Waals surface area contributed by atoms with Crippen LogP contribution in [0.2, 0.25) is 5.02 Å². The molecule has 2 aromatic carbocycles. The minimum atomic E-state index is -0.672. The van der Waals surface area contributed by atoms with Crippen LogP contribution in [0.15, 0.2) is 65.9 Å². The minimum absolute atomic E-state index is 0.0872. The third kappa shape index (κ3) is 8.37. The van der Waals surface area contributed by atoms with Crippen molar-refractivity contribution >= 4 is 52.0 Å². The number of anilines is 3. The van der Waals surface area contributed by atoms with E-state index in [4.69, 9.17) is 17.3 Å². The van der Waals surface area contributed by atoms with Crippen molar-refractivity contribution in [3.8, 4) is 0 Å². The number of hydrogen-bond acceptors (Lipinski definition) is 7. The van der Waals surface area contributed by atoms with Crippen LogP contribution in [0.4, 0.5) is 21.6 Å². The zero-order valence-electron chi connectivity index (χ0n) is 24.5. The second-order valence-electron chi connectivity index (χ2n) is 9.57. The summed E-state index contributed by atoms with van der Waals surface area (Å²) in [7, 11) is 3.94. The number of primary amides is 1. The number of carbonyl (C=O) groups excluding carboxylic acids is 2. The van der Waals surface area contributed by atoms with Crippen molar-refractivity contribution in [1.82, 2.24) is 9.88 Å². The van der Waals surface area contributed by atoms with Gasteiger partial charge in [0.2, 0.25) is 0 Å². The number of aromatic nitrogens is 1. The van der Waals surface area contributed by atoms with Crippen molar-refractivity contribution in [2.45, 2.75) is 33.6 Å². The van der Waals surface area contributed by atoms with Crippen LogP contribution in [0.5, 0.6) is 0 Å². The Hall–Kier alpha value is -4.28. The number of halogens is 2. The first-order valence-corrected chi connectivity index (χ1v) is 14.1. The van der Waals surface area contributed by atoms with Gasteiger partial charge in [0.15, 0.2) is 0 Å². The quantitative estimate of drug-likeness (QED) is 0.203. The van der Waals surface area contributed by atoms with E-state index in [1.165, 1.54) is 25.3 Å². The highest BCUT2D eigenvalue weighted by Crippen LogP contribution is 2.35. The van der Waals surface area contributed by atoms with Gasteiger partial charge in [-0.3, -0.25) is 9.59 Å². The molecule has 4 rings (SSSR count). The lowest BCUT2D eigenvalue weighted by Gasteiger charge is -2.28. The number of nitrogens with one attached hydrogen (secondary N) is 2. The van der Waals surface area contributed by atoms with Gasteiger partial charge in [-0.15, -0.1) is 0 Å². The molecule has 0 atom stereocenters. The molecule has 11 heteroatoms. The molecule has 0 unspecified atom stereocenters. The summed E-state index contributed by atoms with van der Waals surface area (Å²) < 4.78 is 13.7. The normalized spacial score (nSPS) is 12.5. The first-order chi connectivity index (χ1) is 20.1. The lowest BCUT2D eigenvalue weighted by molar-refractivity contribution is -0.112. The maximum absolute atomic E-state index is 13.7. The van der Waals surface area contributed by atoms with E-state index in [-0.39, 0.29) is 22.2 Å². The summed E-state index contributed by atoms with van der Waals surface area (Å²) in [5, 5.41) is 12.4. The predicted molar refractivity (Wildman–Crippen MR) is 170 cm³/mol. The van der Waals surface area contributed by atoms with E-state index in [0.717, 1.165) is 30.5 Å². The molecule has 0 saturated carbocycles. The third-order valence-corrected chi connectivity index (χ3v) is 6.57. The molecule has 4 N–H and O–H groups in total. The zero-order chi connectivity index (χ0) is 30.8. The molecule has 1 aliphatic rings. The Kier molecular flexibility index (Phi) is 11.6. The van der Waals surface area contributed by atoms with Crippen LogP contribution < -0.4 is 21.4 Å². The van der Waals surface area contributed by atoms with Gasteiger partial charge in [-0.2, -0.15) is 5.10 Å². The molecule has 1 heterocycles. The standard InChI is InChI=1S/C29H31ClFN7O2.C2H6/c1-18(28(32)39)36-38(22-11-8-20(31)9-12-22)26-6-4-5-19-7-10-21(15-23(19)26)35-29(40)24-16-27(34-17-25(24)30)33-13-14-37(2)3;1-2/h6-12,15-17H,4-5,13-14H2,1-3H3,(H2,32,39)(H,33,34)(H,35,40);1-2H3/b36-18+;. The molecule has 222 valence electrons. The fourth-order valence-corrected chi connectivity index (χ4v) is 4.32. The Morgan fingerprint density at radius 1 is 1.12 bits per heavy atom. The monoisotopic (exact) mass is 593 g/mol. The molecule has 1 aliphatic carbocycles. The number of pyridine rings is 1. The van der Waals surface area contributed by atoms with E-state index >= 15 is 0 Å². The summed E-state index contributed by atoms with van der Waals surface area (Å²) in [5.41, 5.74) is 9.44. The summed E-state index contributed by atoms with van der Waals surface area (Å²) in [5.74, 6) is -0.908. The number of carbonyl (C=O) groups is 2. The molecule has 0 radical (unpaired) electrons. The number of benzene rings is 2. The van der Waals surface area contributed by atoms with Crippen molar-refractivity contribution in [3.05, 3.63) is 88.3 Å². The lowest BCUT2D eigenvalue weighted by atomic mass is 9.93. The largest absolute Gasteiger partial charge is 0.369 e. The molecule has 0 fully saturated rings. The van der Waals surface area contributed by atoms with Crippen LogP contribution >= 0.6 is 11.6 Å². The first-order valence-electron chi connectivity index (χ1n) is 13.7. The maximum Gasteiger partial charge on any atom is 0.264 e.